The fourth-order valence-electron chi connectivity index (χ4n) is 2.26. The van der Waals surface area contributed by atoms with E-state index in [4.69, 9.17) is 4.74 Å². The number of ether oxygens (including phenoxy) is 1. The fraction of sp³-hybridized carbons (Fsp3) is 0.200. The molecule has 0 fully saturated rings. The van der Waals surface area contributed by atoms with Gasteiger partial charge in [0.2, 0.25) is 10.0 Å². The fourth-order valence-corrected chi connectivity index (χ4v) is 2.99. The van der Waals surface area contributed by atoms with Crippen molar-refractivity contribution in [3.8, 4) is 5.75 Å². The number of carbonyl (C=O) groups excluding carboxylic acids is 1. The molecule has 1 N–H and O–H groups in total. The molecule has 0 bridgehead atoms. The molecule has 28 heavy (non-hydrogen) atoms. The molecule has 0 heterocycles. The van der Waals surface area contributed by atoms with Crippen molar-refractivity contribution in [2.45, 2.75) is 6.54 Å². The number of nitrogens with one attached hydrogen (secondary N) is 1. The topological polar surface area (TPSA) is 88.1 Å². The minimum absolute atomic E-state index is 0.114. The summed E-state index contributed by atoms with van der Waals surface area (Å²) in [7, 11) is -3.55. The summed E-state index contributed by atoms with van der Waals surface area (Å²) in [5.74, 6) is 0.175. The third-order valence-corrected chi connectivity index (χ3v) is 4.84. The Morgan fingerprint density at radius 2 is 1.86 bits per heavy atom. The molecule has 0 aliphatic carbocycles. The van der Waals surface area contributed by atoms with Crippen LogP contribution in [0.3, 0.4) is 0 Å². The van der Waals surface area contributed by atoms with Gasteiger partial charge in [-0.15, -0.1) is 0 Å². The van der Waals surface area contributed by atoms with Gasteiger partial charge in [-0.25, -0.2) is 13.8 Å². The Morgan fingerprint density at radius 3 is 2.46 bits per heavy atom. The molecule has 2 aromatic rings. The summed E-state index contributed by atoms with van der Waals surface area (Å²) in [6, 6.07) is 16.2. The van der Waals surface area contributed by atoms with Crippen molar-refractivity contribution in [3.05, 3.63) is 78.4 Å². The lowest BCUT2D eigenvalue weighted by Gasteiger charge is -2.18. The van der Waals surface area contributed by atoms with E-state index in [0.29, 0.717) is 12.4 Å². The van der Waals surface area contributed by atoms with Crippen molar-refractivity contribution in [3.63, 3.8) is 0 Å². The van der Waals surface area contributed by atoms with Gasteiger partial charge in [-0.1, -0.05) is 43.0 Å². The molecule has 2 rings (SSSR count). The molecule has 0 atom stereocenters. The molecule has 0 saturated carbocycles. The van der Waals surface area contributed by atoms with E-state index in [9.17, 15) is 13.2 Å². The predicted octanol–water partition coefficient (Wildman–Crippen LogP) is 2.16. The third kappa shape index (κ3) is 7.34. The number of carbonyl (C=O) groups is 1. The molecular weight excluding hydrogens is 378 g/mol. The first kappa shape index (κ1) is 21.3. The standard InChI is InChI=1S/C20H23N3O4S/c1-3-13-27-19-11-9-17(10-12-19)14-21-22-20(24)16-23(28(2,25)26)15-18-7-5-4-6-8-18/h3-12,14H,1,13,15-16H2,2H3,(H,22,24)/b21-14-. The highest BCUT2D eigenvalue weighted by atomic mass is 32.2. The molecule has 1 amide bonds. The van der Waals surface area contributed by atoms with Crippen LogP contribution in [0, 0.1) is 0 Å². The highest BCUT2D eigenvalue weighted by Gasteiger charge is 2.20. The zero-order valence-electron chi connectivity index (χ0n) is 15.6. The van der Waals surface area contributed by atoms with E-state index in [-0.39, 0.29) is 13.1 Å². The van der Waals surface area contributed by atoms with Crippen LogP contribution in [-0.4, -0.2) is 44.3 Å². The molecule has 0 spiro atoms. The average Bonchev–Trinajstić information content (AvgIpc) is 2.67. The molecule has 148 valence electrons. The van der Waals surface area contributed by atoms with Gasteiger partial charge in [0, 0.05) is 6.54 Å². The summed E-state index contributed by atoms with van der Waals surface area (Å²) in [6.07, 6.45) is 4.20. The molecule has 2 aromatic carbocycles. The molecular formula is C20H23N3O4S. The lowest BCUT2D eigenvalue weighted by Crippen LogP contribution is -2.38. The number of hydrogen-bond acceptors (Lipinski definition) is 5. The second-order valence-corrected chi connectivity index (χ2v) is 7.96. The smallest absolute Gasteiger partial charge is 0.255 e. The number of hydrogen-bond donors (Lipinski definition) is 1. The van der Waals surface area contributed by atoms with E-state index in [1.54, 1.807) is 42.5 Å². The van der Waals surface area contributed by atoms with Gasteiger partial charge < -0.3 is 4.74 Å². The van der Waals surface area contributed by atoms with Crippen LogP contribution in [0.15, 0.2) is 72.4 Å². The van der Waals surface area contributed by atoms with Crippen molar-refractivity contribution in [1.29, 1.82) is 0 Å². The molecule has 0 aromatic heterocycles. The van der Waals surface area contributed by atoms with Crippen LogP contribution in [0.4, 0.5) is 0 Å². The molecule has 0 saturated heterocycles. The van der Waals surface area contributed by atoms with Crippen LogP contribution >= 0.6 is 0 Å². The van der Waals surface area contributed by atoms with Crippen LogP contribution in [-0.2, 0) is 21.4 Å². The molecule has 0 aliphatic heterocycles. The molecule has 0 unspecified atom stereocenters. The van der Waals surface area contributed by atoms with Crippen LogP contribution in [0.2, 0.25) is 0 Å². The molecule has 8 heteroatoms. The number of hydrazone groups is 1. The van der Waals surface area contributed by atoms with E-state index in [1.165, 1.54) is 6.21 Å². The first-order valence-corrected chi connectivity index (χ1v) is 10.4. The van der Waals surface area contributed by atoms with Gasteiger partial charge in [0.05, 0.1) is 19.0 Å². The Hall–Kier alpha value is -2.97. The van der Waals surface area contributed by atoms with Crippen molar-refractivity contribution >= 4 is 22.1 Å². The SMILES string of the molecule is C=CCOc1ccc(/C=N\NC(=O)CN(Cc2ccccc2)S(C)(=O)=O)cc1. The zero-order valence-corrected chi connectivity index (χ0v) is 16.4. The minimum atomic E-state index is -3.55. The van der Waals surface area contributed by atoms with Crippen LogP contribution < -0.4 is 10.2 Å². The van der Waals surface area contributed by atoms with E-state index in [0.717, 1.165) is 21.7 Å². The van der Waals surface area contributed by atoms with Crippen molar-refractivity contribution in [2.24, 2.45) is 5.10 Å². The van der Waals surface area contributed by atoms with Gasteiger partial charge in [-0.05, 0) is 35.4 Å². The predicted molar refractivity (Wildman–Crippen MR) is 110 cm³/mol. The number of sulfonamides is 1. The highest BCUT2D eigenvalue weighted by Crippen LogP contribution is 2.11. The lowest BCUT2D eigenvalue weighted by atomic mass is 10.2. The summed E-state index contributed by atoms with van der Waals surface area (Å²) in [4.78, 5) is 12.1. The normalized spacial score (nSPS) is 11.5. The van der Waals surface area contributed by atoms with Crippen LogP contribution in [0.5, 0.6) is 5.75 Å². The Morgan fingerprint density at radius 1 is 1.18 bits per heavy atom. The van der Waals surface area contributed by atoms with E-state index in [2.05, 4.69) is 17.1 Å². The first-order valence-electron chi connectivity index (χ1n) is 8.53. The van der Waals surface area contributed by atoms with Gasteiger partial charge in [0.25, 0.3) is 5.91 Å². The lowest BCUT2D eigenvalue weighted by molar-refractivity contribution is -0.121. The summed E-state index contributed by atoms with van der Waals surface area (Å²) >= 11 is 0. The maximum Gasteiger partial charge on any atom is 0.255 e. The van der Waals surface area contributed by atoms with Gasteiger partial charge in [-0.3, -0.25) is 4.79 Å². The van der Waals surface area contributed by atoms with Crippen molar-refractivity contribution < 1.29 is 17.9 Å². The van der Waals surface area contributed by atoms with Gasteiger partial charge in [0.1, 0.15) is 12.4 Å². The number of nitrogens with zero attached hydrogens (tertiary/aromatic N) is 2. The van der Waals surface area contributed by atoms with E-state index in [1.807, 2.05) is 18.2 Å². The Kier molecular flexibility index (Phi) is 7.91. The third-order valence-electron chi connectivity index (χ3n) is 3.64. The molecule has 7 nitrogen and oxygen atoms in total. The maximum atomic E-state index is 12.1. The van der Waals surface area contributed by atoms with Crippen LogP contribution in [0.1, 0.15) is 11.1 Å². The minimum Gasteiger partial charge on any atom is -0.490 e. The van der Waals surface area contributed by atoms with Crippen LogP contribution in [0.25, 0.3) is 0 Å². The average molecular weight is 401 g/mol. The Labute approximate surface area is 165 Å². The Bertz CT molecular complexity index is 910. The highest BCUT2D eigenvalue weighted by molar-refractivity contribution is 7.88. The second kappa shape index (κ2) is 10.4. The monoisotopic (exact) mass is 401 g/mol. The summed E-state index contributed by atoms with van der Waals surface area (Å²) < 4.78 is 30.4. The number of rotatable bonds is 10. The van der Waals surface area contributed by atoms with E-state index >= 15 is 0 Å². The van der Waals surface area contributed by atoms with Gasteiger partial charge >= 0.3 is 0 Å². The summed E-state index contributed by atoms with van der Waals surface area (Å²) in [5.41, 5.74) is 3.90. The largest absolute Gasteiger partial charge is 0.490 e. The Balaban J connectivity index is 1.91. The summed E-state index contributed by atoms with van der Waals surface area (Å²) in [6.45, 7) is 3.80. The van der Waals surface area contributed by atoms with Crippen molar-refractivity contribution in [2.75, 3.05) is 19.4 Å². The van der Waals surface area contributed by atoms with Crippen molar-refractivity contribution in [1.82, 2.24) is 9.73 Å². The van der Waals surface area contributed by atoms with E-state index < -0.39 is 15.9 Å². The quantitative estimate of drug-likeness (QED) is 0.375. The number of amides is 1. The second-order valence-electron chi connectivity index (χ2n) is 5.98. The van der Waals surface area contributed by atoms with Gasteiger partial charge in [-0.2, -0.15) is 9.41 Å². The molecule has 0 radical (unpaired) electrons. The van der Waals surface area contributed by atoms with Gasteiger partial charge in [0.15, 0.2) is 0 Å². The zero-order chi connectivity index (χ0) is 20.4. The maximum absolute atomic E-state index is 12.1. The summed E-state index contributed by atoms with van der Waals surface area (Å²) in [5, 5.41) is 3.87. The molecule has 0 aliphatic rings. The number of benzene rings is 2. The first-order chi connectivity index (χ1) is 13.4.